The summed E-state index contributed by atoms with van der Waals surface area (Å²) in [6, 6.07) is 2.08. The van der Waals surface area contributed by atoms with E-state index in [0.29, 0.717) is 6.54 Å². The molecule has 102 valence electrons. The highest BCUT2D eigenvalue weighted by molar-refractivity contribution is 7.18. The van der Waals surface area contributed by atoms with E-state index in [0.717, 1.165) is 16.0 Å². The third-order valence-electron chi connectivity index (χ3n) is 2.94. The average molecular weight is 279 g/mol. The number of ether oxygens (including phenoxy) is 1. The zero-order valence-electron chi connectivity index (χ0n) is 11.5. The number of carbonyl (C=O) groups excluding carboxylic acids is 1. The normalized spacial score (nSPS) is 12.4. The van der Waals surface area contributed by atoms with Gasteiger partial charge in [0.2, 0.25) is 0 Å². The lowest BCUT2D eigenvalue weighted by Gasteiger charge is -2.21. The molecule has 0 aliphatic carbocycles. The van der Waals surface area contributed by atoms with Crippen LogP contribution in [0.25, 0.3) is 10.2 Å². The summed E-state index contributed by atoms with van der Waals surface area (Å²) in [4.78, 5) is 24.2. The Bertz CT molecular complexity index is 597. The van der Waals surface area contributed by atoms with Gasteiger partial charge in [-0.1, -0.05) is 6.92 Å². The Hall–Kier alpha value is -1.69. The number of aryl methyl sites for hydroxylation is 1. The highest BCUT2D eigenvalue weighted by Gasteiger charge is 2.18. The number of anilines is 1. The van der Waals surface area contributed by atoms with Crippen LogP contribution in [0.2, 0.25) is 0 Å². The van der Waals surface area contributed by atoms with Gasteiger partial charge in [0, 0.05) is 18.5 Å². The molecule has 2 aromatic rings. The lowest BCUT2D eigenvalue weighted by atomic mass is 10.1. The first-order chi connectivity index (χ1) is 9.02. The molecule has 0 aromatic carbocycles. The number of carbonyl (C=O) groups is 1. The van der Waals surface area contributed by atoms with Crippen LogP contribution in [0.4, 0.5) is 5.82 Å². The Kier molecular flexibility index (Phi) is 3.99. The summed E-state index contributed by atoms with van der Waals surface area (Å²) < 4.78 is 4.74. The van der Waals surface area contributed by atoms with Gasteiger partial charge in [0.1, 0.15) is 17.0 Å². The van der Waals surface area contributed by atoms with E-state index in [1.54, 1.807) is 17.7 Å². The SMILES string of the molecule is COC(=O)C(C)CN(C)c1ncnc2sc(C)cc12. The van der Waals surface area contributed by atoms with Gasteiger partial charge in [-0.05, 0) is 13.0 Å². The lowest BCUT2D eigenvalue weighted by molar-refractivity contribution is -0.144. The number of aromatic nitrogens is 2. The number of hydrogen-bond acceptors (Lipinski definition) is 6. The average Bonchev–Trinajstić information content (AvgIpc) is 2.77. The fourth-order valence-corrected chi connectivity index (χ4v) is 2.88. The molecule has 1 unspecified atom stereocenters. The van der Waals surface area contributed by atoms with Gasteiger partial charge in [-0.3, -0.25) is 4.79 Å². The largest absolute Gasteiger partial charge is 0.469 e. The summed E-state index contributed by atoms with van der Waals surface area (Å²) >= 11 is 1.64. The minimum absolute atomic E-state index is 0.195. The van der Waals surface area contributed by atoms with Crippen LogP contribution in [-0.2, 0) is 9.53 Å². The van der Waals surface area contributed by atoms with Gasteiger partial charge in [0.05, 0.1) is 18.4 Å². The van der Waals surface area contributed by atoms with Gasteiger partial charge in [-0.15, -0.1) is 11.3 Å². The highest BCUT2D eigenvalue weighted by Crippen LogP contribution is 2.29. The summed E-state index contributed by atoms with van der Waals surface area (Å²) in [6.07, 6.45) is 1.56. The van der Waals surface area contributed by atoms with Crippen molar-refractivity contribution in [3.8, 4) is 0 Å². The molecule has 0 fully saturated rings. The maximum atomic E-state index is 11.5. The first-order valence-corrected chi connectivity index (χ1v) is 6.84. The molecule has 2 rings (SSSR count). The van der Waals surface area contributed by atoms with Crippen molar-refractivity contribution in [1.29, 1.82) is 0 Å². The molecule has 0 amide bonds. The molecule has 0 radical (unpaired) electrons. The van der Waals surface area contributed by atoms with Crippen molar-refractivity contribution in [2.24, 2.45) is 5.92 Å². The molecule has 0 spiro atoms. The Morgan fingerprint density at radius 2 is 2.26 bits per heavy atom. The van der Waals surface area contributed by atoms with Gasteiger partial charge in [0.25, 0.3) is 0 Å². The van der Waals surface area contributed by atoms with E-state index in [2.05, 4.69) is 16.0 Å². The number of rotatable bonds is 4. The van der Waals surface area contributed by atoms with E-state index in [9.17, 15) is 4.79 Å². The zero-order valence-corrected chi connectivity index (χ0v) is 12.3. The maximum Gasteiger partial charge on any atom is 0.310 e. The van der Waals surface area contributed by atoms with Crippen LogP contribution >= 0.6 is 11.3 Å². The molecule has 2 aromatic heterocycles. The fraction of sp³-hybridized carbons (Fsp3) is 0.462. The standard InChI is InChI=1S/C13H17N3O2S/c1-8(13(17)18-4)6-16(3)11-10-5-9(2)19-12(10)15-7-14-11/h5,7-8H,6H2,1-4H3. The number of esters is 1. The first-order valence-electron chi connectivity index (χ1n) is 6.03. The highest BCUT2D eigenvalue weighted by atomic mass is 32.1. The summed E-state index contributed by atoms with van der Waals surface area (Å²) in [6.45, 7) is 4.46. The van der Waals surface area contributed by atoms with Crippen LogP contribution in [0.3, 0.4) is 0 Å². The second-order valence-corrected chi connectivity index (χ2v) is 5.81. The summed E-state index contributed by atoms with van der Waals surface area (Å²) in [5.41, 5.74) is 0. The zero-order chi connectivity index (χ0) is 14.0. The van der Waals surface area contributed by atoms with Crippen molar-refractivity contribution < 1.29 is 9.53 Å². The van der Waals surface area contributed by atoms with E-state index < -0.39 is 0 Å². The summed E-state index contributed by atoms with van der Waals surface area (Å²) in [5.74, 6) is 0.448. The first kappa shape index (κ1) is 13.7. The minimum atomic E-state index is -0.210. The maximum absolute atomic E-state index is 11.5. The van der Waals surface area contributed by atoms with Crippen LogP contribution in [-0.4, -0.2) is 36.6 Å². The number of fused-ring (bicyclic) bond motifs is 1. The van der Waals surface area contributed by atoms with Gasteiger partial charge < -0.3 is 9.64 Å². The Balaban J connectivity index is 2.26. The van der Waals surface area contributed by atoms with Crippen molar-refractivity contribution in [2.45, 2.75) is 13.8 Å². The molecule has 0 saturated heterocycles. The molecular formula is C13H17N3O2S. The van der Waals surface area contributed by atoms with Crippen LogP contribution < -0.4 is 4.90 Å². The van der Waals surface area contributed by atoms with Gasteiger partial charge in [0.15, 0.2) is 0 Å². The van der Waals surface area contributed by atoms with Crippen molar-refractivity contribution >= 4 is 33.3 Å². The van der Waals surface area contributed by atoms with Crippen molar-refractivity contribution in [3.05, 3.63) is 17.3 Å². The Morgan fingerprint density at radius 3 is 2.95 bits per heavy atom. The van der Waals surface area contributed by atoms with E-state index in [1.165, 1.54) is 12.0 Å². The molecule has 0 aliphatic rings. The molecule has 5 nitrogen and oxygen atoms in total. The number of nitrogens with zero attached hydrogens (tertiary/aromatic N) is 3. The molecular weight excluding hydrogens is 262 g/mol. The molecule has 0 saturated carbocycles. The number of thiophene rings is 1. The van der Waals surface area contributed by atoms with Crippen LogP contribution in [0.15, 0.2) is 12.4 Å². The molecule has 1 atom stereocenters. The molecule has 19 heavy (non-hydrogen) atoms. The van der Waals surface area contributed by atoms with Crippen molar-refractivity contribution in [3.63, 3.8) is 0 Å². The minimum Gasteiger partial charge on any atom is -0.469 e. The predicted octanol–water partition coefficient (Wildman–Crippen LogP) is 2.25. The van der Waals surface area contributed by atoms with E-state index in [1.807, 2.05) is 25.8 Å². The molecule has 0 bridgehead atoms. The number of methoxy groups -OCH3 is 1. The second-order valence-electron chi connectivity index (χ2n) is 4.58. The molecule has 6 heteroatoms. The van der Waals surface area contributed by atoms with Crippen molar-refractivity contribution in [1.82, 2.24) is 9.97 Å². The van der Waals surface area contributed by atoms with Gasteiger partial charge >= 0.3 is 5.97 Å². The molecule has 2 heterocycles. The summed E-state index contributed by atoms with van der Waals surface area (Å²) in [5, 5.41) is 1.03. The van der Waals surface area contributed by atoms with Crippen molar-refractivity contribution in [2.75, 3.05) is 25.6 Å². The smallest absolute Gasteiger partial charge is 0.310 e. The summed E-state index contributed by atoms with van der Waals surface area (Å²) in [7, 11) is 3.33. The molecule has 0 N–H and O–H groups in total. The third-order valence-corrected chi connectivity index (χ3v) is 3.90. The monoisotopic (exact) mass is 279 g/mol. The topological polar surface area (TPSA) is 55.3 Å². The van der Waals surface area contributed by atoms with E-state index >= 15 is 0 Å². The van der Waals surface area contributed by atoms with E-state index in [-0.39, 0.29) is 11.9 Å². The van der Waals surface area contributed by atoms with Crippen LogP contribution in [0.1, 0.15) is 11.8 Å². The van der Waals surface area contributed by atoms with Crippen LogP contribution in [0, 0.1) is 12.8 Å². The Labute approximate surface area is 116 Å². The van der Waals surface area contributed by atoms with Gasteiger partial charge in [-0.25, -0.2) is 9.97 Å². The second kappa shape index (κ2) is 5.52. The molecule has 0 aliphatic heterocycles. The quantitative estimate of drug-likeness (QED) is 0.803. The fourth-order valence-electron chi connectivity index (χ4n) is 2.04. The van der Waals surface area contributed by atoms with E-state index in [4.69, 9.17) is 4.74 Å². The third kappa shape index (κ3) is 2.84. The predicted molar refractivity (Wildman–Crippen MR) is 76.6 cm³/mol. The van der Waals surface area contributed by atoms with Gasteiger partial charge in [-0.2, -0.15) is 0 Å². The lowest BCUT2D eigenvalue weighted by Crippen LogP contribution is -2.29. The number of hydrogen-bond donors (Lipinski definition) is 0. The van der Waals surface area contributed by atoms with Crippen LogP contribution in [0.5, 0.6) is 0 Å². The Morgan fingerprint density at radius 1 is 1.53 bits per heavy atom.